The zero-order valence-corrected chi connectivity index (χ0v) is 26.6. The van der Waals surface area contributed by atoms with E-state index in [4.69, 9.17) is 9.47 Å². The summed E-state index contributed by atoms with van der Waals surface area (Å²) < 4.78 is 12.4. The predicted octanol–water partition coefficient (Wildman–Crippen LogP) is 5.90. The summed E-state index contributed by atoms with van der Waals surface area (Å²) in [5, 5.41) is 63.9. The van der Waals surface area contributed by atoms with E-state index >= 15 is 0 Å². The molecule has 0 spiro atoms. The Morgan fingerprint density at radius 3 is 2.49 bits per heavy atom. The molecule has 9 heteroatoms. The number of phenolic OH excluding ortho intramolecular Hbond substituents is 2. The van der Waals surface area contributed by atoms with Crippen LogP contribution in [0.3, 0.4) is 0 Å². The molecule has 2 aliphatic rings. The molecule has 246 valence electrons. The van der Waals surface area contributed by atoms with Gasteiger partial charge in [0.2, 0.25) is 5.75 Å². The number of rotatable bonds is 12. The highest BCUT2D eigenvalue weighted by Gasteiger charge is 2.44. The van der Waals surface area contributed by atoms with Gasteiger partial charge in [0.25, 0.3) is 0 Å². The van der Waals surface area contributed by atoms with Crippen molar-refractivity contribution in [3.05, 3.63) is 70.0 Å². The summed E-state index contributed by atoms with van der Waals surface area (Å²) in [7, 11) is 1.43. The van der Waals surface area contributed by atoms with E-state index in [-0.39, 0.29) is 53.9 Å². The molecule has 3 aromatic rings. The number of methoxy groups -OCH3 is 1. The van der Waals surface area contributed by atoms with Crippen molar-refractivity contribution in [1.82, 2.24) is 4.98 Å². The zero-order valence-electron chi connectivity index (χ0n) is 26.6. The number of hydrogen-bond acceptors (Lipinski definition) is 8. The average Bonchev–Trinajstić information content (AvgIpc) is 3.54. The standard InChI is InChI=1S/C36H49NO8/c1-20(2)13-24(5-4-12-38)26-15-22(7-9-29(26)40)23-6-8-25-30(41)17-32(45-31(25)16-23)33-27(14-21-10-11-37-18-21)36(44-3)35(43)34(42)28(33)19-39/h7,9-11,15,18,20,23-25,30-32,37-43H,4-6,8,12-14,16-17,19H2,1-3H3. The number of ether oxygens (including phenoxy) is 2. The van der Waals surface area contributed by atoms with Gasteiger partial charge in [-0.15, -0.1) is 0 Å². The molecule has 2 heterocycles. The molecule has 7 N–H and O–H groups in total. The summed E-state index contributed by atoms with van der Waals surface area (Å²) >= 11 is 0. The molecule has 9 nitrogen and oxygen atoms in total. The smallest absolute Gasteiger partial charge is 0.201 e. The van der Waals surface area contributed by atoms with Crippen LogP contribution in [0.4, 0.5) is 0 Å². The van der Waals surface area contributed by atoms with E-state index < -0.39 is 30.3 Å². The summed E-state index contributed by atoms with van der Waals surface area (Å²) in [5.74, 6) is 0.241. The number of fused-ring (bicyclic) bond motifs is 1. The molecule has 0 bridgehead atoms. The topological polar surface area (TPSA) is 156 Å². The second-order valence-electron chi connectivity index (χ2n) is 13.3. The molecule has 5 rings (SSSR count). The van der Waals surface area contributed by atoms with Gasteiger partial charge >= 0.3 is 0 Å². The average molecular weight is 624 g/mol. The normalized spacial score (nSPS) is 24.0. The molecule has 1 saturated carbocycles. The Kier molecular flexibility index (Phi) is 10.6. The maximum Gasteiger partial charge on any atom is 0.201 e. The second kappa shape index (κ2) is 14.5. The van der Waals surface area contributed by atoms with Crippen LogP contribution in [-0.4, -0.2) is 61.5 Å². The van der Waals surface area contributed by atoms with Gasteiger partial charge in [-0.25, -0.2) is 0 Å². The van der Waals surface area contributed by atoms with Crippen LogP contribution in [0.25, 0.3) is 0 Å². The number of aromatic hydroxyl groups is 3. The van der Waals surface area contributed by atoms with Gasteiger partial charge in [0, 0.05) is 48.9 Å². The van der Waals surface area contributed by atoms with Crippen molar-refractivity contribution in [1.29, 1.82) is 0 Å². The minimum atomic E-state index is -0.646. The minimum absolute atomic E-state index is 0.0503. The molecular formula is C36H49NO8. The highest BCUT2D eigenvalue weighted by Crippen LogP contribution is 2.52. The Morgan fingerprint density at radius 1 is 1.02 bits per heavy atom. The molecule has 45 heavy (non-hydrogen) atoms. The lowest BCUT2D eigenvalue weighted by atomic mass is 9.71. The minimum Gasteiger partial charge on any atom is -0.508 e. The number of aliphatic hydroxyl groups excluding tert-OH is 3. The lowest BCUT2D eigenvalue weighted by Crippen LogP contribution is -2.44. The van der Waals surface area contributed by atoms with Gasteiger partial charge in [-0.3, -0.25) is 0 Å². The fraction of sp³-hybridized carbons (Fsp3) is 0.556. The molecule has 6 atom stereocenters. The van der Waals surface area contributed by atoms with Crippen LogP contribution >= 0.6 is 0 Å². The third kappa shape index (κ3) is 6.97. The third-order valence-corrected chi connectivity index (χ3v) is 9.94. The summed E-state index contributed by atoms with van der Waals surface area (Å²) in [6.07, 6.45) is 7.49. The summed E-state index contributed by atoms with van der Waals surface area (Å²) in [6, 6.07) is 7.81. The van der Waals surface area contributed by atoms with Gasteiger partial charge in [-0.1, -0.05) is 26.0 Å². The van der Waals surface area contributed by atoms with Crippen molar-refractivity contribution in [2.45, 2.75) is 102 Å². The molecule has 1 saturated heterocycles. The van der Waals surface area contributed by atoms with Crippen LogP contribution in [-0.2, 0) is 17.8 Å². The Hall–Kier alpha value is -3.24. The van der Waals surface area contributed by atoms with E-state index in [0.29, 0.717) is 36.3 Å². The van der Waals surface area contributed by atoms with E-state index in [2.05, 4.69) is 24.9 Å². The van der Waals surface area contributed by atoms with Crippen molar-refractivity contribution in [2.75, 3.05) is 13.7 Å². The number of aromatic nitrogens is 1. The molecule has 0 amide bonds. The van der Waals surface area contributed by atoms with Gasteiger partial charge in [0.05, 0.1) is 32.0 Å². The lowest BCUT2D eigenvalue weighted by Gasteiger charge is -2.45. The first-order valence-corrected chi connectivity index (χ1v) is 16.3. The maximum atomic E-state index is 11.4. The van der Waals surface area contributed by atoms with Crippen LogP contribution < -0.4 is 4.74 Å². The maximum absolute atomic E-state index is 11.4. The van der Waals surface area contributed by atoms with Gasteiger partial charge < -0.3 is 45.1 Å². The SMILES string of the molecule is COc1c(O)c(O)c(CO)c(C2CC(O)C3CCC(c4ccc(O)c(C(CCCO)CC(C)C)c4)CC3O2)c1Cc1cc[nH]c1. The van der Waals surface area contributed by atoms with Crippen LogP contribution in [0.2, 0.25) is 0 Å². The number of nitrogens with one attached hydrogen (secondary N) is 1. The third-order valence-electron chi connectivity index (χ3n) is 9.94. The quantitative estimate of drug-likeness (QED) is 0.123. The number of aromatic amines is 1. The summed E-state index contributed by atoms with van der Waals surface area (Å²) in [4.78, 5) is 3.04. The van der Waals surface area contributed by atoms with E-state index in [0.717, 1.165) is 42.4 Å². The Bertz CT molecular complexity index is 1420. The zero-order chi connectivity index (χ0) is 32.2. The van der Waals surface area contributed by atoms with Crippen molar-refractivity contribution in [3.63, 3.8) is 0 Å². The lowest BCUT2D eigenvalue weighted by molar-refractivity contribution is -0.154. The van der Waals surface area contributed by atoms with Crippen LogP contribution in [0.1, 0.15) is 110 Å². The van der Waals surface area contributed by atoms with E-state index in [1.165, 1.54) is 7.11 Å². The number of aliphatic hydroxyl groups is 3. The Balaban J connectivity index is 1.46. The van der Waals surface area contributed by atoms with Crippen molar-refractivity contribution >= 4 is 0 Å². The Morgan fingerprint density at radius 2 is 1.82 bits per heavy atom. The molecule has 2 aromatic carbocycles. The highest BCUT2D eigenvalue weighted by molar-refractivity contribution is 5.64. The first-order valence-electron chi connectivity index (χ1n) is 16.3. The van der Waals surface area contributed by atoms with E-state index in [1.807, 2.05) is 18.3 Å². The fourth-order valence-corrected chi connectivity index (χ4v) is 7.80. The number of benzene rings is 2. The molecule has 1 aromatic heterocycles. The number of phenols is 3. The monoisotopic (exact) mass is 623 g/mol. The molecule has 1 aliphatic heterocycles. The van der Waals surface area contributed by atoms with Gasteiger partial charge in [-0.05, 0) is 90.7 Å². The van der Waals surface area contributed by atoms with Crippen molar-refractivity contribution in [3.8, 4) is 23.0 Å². The first kappa shape index (κ1) is 33.1. The van der Waals surface area contributed by atoms with Crippen molar-refractivity contribution in [2.24, 2.45) is 11.8 Å². The second-order valence-corrected chi connectivity index (χ2v) is 13.3. The molecule has 1 aliphatic carbocycles. The summed E-state index contributed by atoms with van der Waals surface area (Å²) in [6.45, 7) is 3.95. The van der Waals surface area contributed by atoms with E-state index in [9.17, 15) is 30.6 Å². The van der Waals surface area contributed by atoms with Gasteiger partial charge in [0.1, 0.15) is 5.75 Å². The predicted molar refractivity (Wildman–Crippen MR) is 171 cm³/mol. The molecule has 6 unspecified atom stereocenters. The fourth-order valence-electron chi connectivity index (χ4n) is 7.80. The van der Waals surface area contributed by atoms with Crippen LogP contribution in [0.5, 0.6) is 23.0 Å². The molecule has 0 radical (unpaired) electrons. The van der Waals surface area contributed by atoms with Crippen LogP contribution in [0.15, 0.2) is 36.7 Å². The number of H-pyrrole nitrogens is 1. The largest absolute Gasteiger partial charge is 0.508 e. The summed E-state index contributed by atoms with van der Waals surface area (Å²) in [5.41, 5.74) is 4.29. The van der Waals surface area contributed by atoms with Gasteiger partial charge in [0.15, 0.2) is 11.5 Å². The molecule has 2 fully saturated rings. The number of hydrogen-bond donors (Lipinski definition) is 7. The first-order chi connectivity index (χ1) is 21.7. The van der Waals surface area contributed by atoms with Gasteiger partial charge in [-0.2, -0.15) is 0 Å². The highest BCUT2D eigenvalue weighted by atomic mass is 16.5. The van der Waals surface area contributed by atoms with E-state index in [1.54, 1.807) is 12.3 Å². The Labute approximate surface area is 265 Å². The van der Waals surface area contributed by atoms with Crippen molar-refractivity contribution < 1.29 is 40.1 Å². The molecular weight excluding hydrogens is 574 g/mol. The van der Waals surface area contributed by atoms with Crippen LogP contribution in [0, 0.1) is 11.8 Å².